The van der Waals surface area contributed by atoms with Crippen LogP contribution in [0.15, 0.2) is 53.0 Å². The molecule has 0 bridgehead atoms. The highest BCUT2D eigenvalue weighted by molar-refractivity contribution is 8.00. The minimum atomic E-state index is -1.30. The van der Waals surface area contributed by atoms with Crippen molar-refractivity contribution < 1.29 is 19.1 Å². The van der Waals surface area contributed by atoms with Gasteiger partial charge in [0.15, 0.2) is 0 Å². The highest BCUT2D eigenvalue weighted by Crippen LogP contribution is 2.34. The normalized spacial score (nSPS) is 20.4. The Balaban J connectivity index is 1.06. The zero-order valence-electron chi connectivity index (χ0n) is 24.0. The molecule has 3 aliphatic heterocycles. The fourth-order valence-corrected chi connectivity index (χ4v) is 6.90. The zero-order chi connectivity index (χ0) is 29.5. The SMILES string of the molecule is Cc1cc(C(=O)N2CCC(O)(CF)CC2)cc(C)c1/C=C/SN1CCC2(CC1)N=C(c1ccc3cc[nH]c3c1)NC2=O. The first-order valence-electron chi connectivity index (χ1n) is 14.4. The van der Waals surface area contributed by atoms with Crippen LogP contribution in [0.4, 0.5) is 4.39 Å². The van der Waals surface area contributed by atoms with E-state index >= 15 is 0 Å². The number of carbonyl (C=O) groups excluding carboxylic acids is 2. The van der Waals surface area contributed by atoms with Crippen LogP contribution in [-0.4, -0.2) is 80.9 Å². The van der Waals surface area contributed by atoms with Gasteiger partial charge >= 0.3 is 0 Å². The number of fused-ring (bicyclic) bond motifs is 1. The number of likely N-dealkylation sites (tertiary alicyclic amines) is 1. The maximum Gasteiger partial charge on any atom is 0.253 e. The molecule has 0 saturated carbocycles. The number of alkyl halides is 1. The van der Waals surface area contributed by atoms with E-state index in [-0.39, 0.29) is 24.7 Å². The minimum Gasteiger partial charge on any atom is -0.387 e. The summed E-state index contributed by atoms with van der Waals surface area (Å²) in [4.78, 5) is 35.9. The third-order valence-electron chi connectivity index (χ3n) is 8.87. The number of hydrogen-bond donors (Lipinski definition) is 3. The predicted molar refractivity (Wildman–Crippen MR) is 165 cm³/mol. The van der Waals surface area contributed by atoms with Gasteiger partial charge in [0, 0.05) is 49.0 Å². The molecule has 2 saturated heterocycles. The number of halogens is 1. The molecule has 3 N–H and O–H groups in total. The number of nitrogens with zero attached hydrogens (tertiary/aromatic N) is 3. The van der Waals surface area contributed by atoms with Gasteiger partial charge < -0.3 is 20.3 Å². The van der Waals surface area contributed by atoms with Gasteiger partial charge in [-0.15, -0.1) is 0 Å². The average Bonchev–Trinajstić information content (AvgIpc) is 3.59. The number of benzene rings is 2. The highest BCUT2D eigenvalue weighted by Gasteiger charge is 2.46. The fraction of sp³-hybridized carbons (Fsp3) is 0.406. The first-order valence-corrected chi connectivity index (χ1v) is 15.3. The van der Waals surface area contributed by atoms with Gasteiger partial charge in [-0.05, 0) is 97.4 Å². The summed E-state index contributed by atoms with van der Waals surface area (Å²) in [6.45, 7) is 5.41. The molecule has 1 spiro atoms. The van der Waals surface area contributed by atoms with Gasteiger partial charge in [0.25, 0.3) is 11.8 Å². The lowest BCUT2D eigenvalue weighted by Gasteiger charge is -2.36. The molecule has 3 aromatic rings. The van der Waals surface area contributed by atoms with E-state index in [0.29, 0.717) is 37.3 Å². The summed E-state index contributed by atoms with van der Waals surface area (Å²) in [5.74, 6) is 0.542. The first kappa shape index (κ1) is 28.6. The van der Waals surface area contributed by atoms with Crippen LogP contribution in [0.2, 0.25) is 0 Å². The van der Waals surface area contributed by atoms with Crippen molar-refractivity contribution >= 4 is 46.6 Å². The second-order valence-corrected chi connectivity index (χ2v) is 12.7. The Morgan fingerprint density at radius 3 is 2.48 bits per heavy atom. The minimum absolute atomic E-state index is 0.0205. The van der Waals surface area contributed by atoms with Crippen molar-refractivity contribution in [3.8, 4) is 0 Å². The maximum atomic E-state index is 13.1. The number of hydrogen-bond acceptors (Lipinski definition) is 6. The van der Waals surface area contributed by atoms with E-state index in [0.717, 1.165) is 46.2 Å². The number of amides is 2. The van der Waals surface area contributed by atoms with Crippen LogP contribution in [0.1, 0.15) is 58.3 Å². The number of rotatable bonds is 6. The lowest BCUT2D eigenvalue weighted by Crippen LogP contribution is -2.47. The van der Waals surface area contributed by atoms with Crippen molar-refractivity contribution in [1.29, 1.82) is 0 Å². The number of H-pyrrole nitrogens is 1. The molecule has 2 fully saturated rings. The third-order valence-corrected chi connectivity index (χ3v) is 9.79. The molecule has 42 heavy (non-hydrogen) atoms. The van der Waals surface area contributed by atoms with Gasteiger partial charge in [-0.1, -0.05) is 24.1 Å². The van der Waals surface area contributed by atoms with Crippen LogP contribution in [-0.2, 0) is 4.79 Å². The number of piperidine rings is 2. The van der Waals surface area contributed by atoms with Crippen molar-refractivity contribution in [2.45, 2.75) is 50.7 Å². The van der Waals surface area contributed by atoms with E-state index in [9.17, 15) is 19.1 Å². The number of aromatic amines is 1. The Morgan fingerprint density at radius 2 is 1.79 bits per heavy atom. The van der Waals surface area contributed by atoms with Crippen molar-refractivity contribution in [3.63, 3.8) is 0 Å². The van der Waals surface area contributed by atoms with Crippen LogP contribution in [0, 0.1) is 13.8 Å². The molecule has 0 atom stereocenters. The van der Waals surface area contributed by atoms with Crippen LogP contribution in [0.25, 0.3) is 17.0 Å². The molecule has 2 amide bonds. The van der Waals surface area contributed by atoms with Gasteiger partial charge in [-0.2, -0.15) is 0 Å². The summed E-state index contributed by atoms with van der Waals surface area (Å²) >= 11 is 1.63. The molecule has 0 radical (unpaired) electrons. The molecule has 2 aromatic carbocycles. The van der Waals surface area contributed by atoms with Gasteiger partial charge in [0.2, 0.25) is 0 Å². The Morgan fingerprint density at radius 1 is 1.07 bits per heavy atom. The Labute approximate surface area is 249 Å². The fourth-order valence-electron chi connectivity index (χ4n) is 6.14. The molecule has 8 nitrogen and oxygen atoms in total. The molecular formula is C32H36FN5O3S. The number of carbonyl (C=O) groups is 2. The molecule has 6 rings (SSSR count). The summed E-state index contributed by atoms with van der Waals surface area (Å²) < 4.78 is 15.3. The van der Waals surface area contributed by atoms with E-state index in [1.54, 1.807) is 16.8 Å². The molecule has 4 heterocycles. The lowest BCUT2D eigenvalue weighted by molar-refractivity contribution is -0.124. The number of aromatic nitrogens is 1. The number of aryl methyl sites for hydroxylation is 2. The number of nitrogens with one attached hydrogen (secondary N) is 2. The van der Waals surface area contributed by atoms with Crippen molar-refractivity contribution in [2.24, 2.45) is 4.99 Å². The van der Waals surface area contributed by atoms with E-state index in [1.807, 2.05) is 56.4 Å². The lowest BCUT2D eigenvalue weighted by atomic mass is 9.89. The third kappa shape index (κ3) is 5.50. The van der Waals surface area contributed by atoms with E-state index in [4.69, 9.17) is 4.99 Å². The second-order valence-electron chi connectivity index (χ2n) is 11.7. The summed E-state index contributed by atoms with van der Waals surface area (Å²) in [7, 11) is 0. The van der Waals surface area contributed by atoms with Crippen LogP contribution in [0.3, 0.4) is 0 Å². The highest BCUT2D eigenvalue weighted by atomic mass is 32.2. The molecule has 10 heteroatoms. The van der Waals surface area contributed by atoms with Crippen LogP contribution >= 0.6 is 11.9 Å². The number of amidine groups is 1. The van der Waals surface area contributed by atoms with Crippen molar-refractivity contribution in [1.82, 2.24) is 19.5 Å². The molecule has 220 valence electrons. The zero-order valence-corrected chi connectivity index (χ0v) is 24.8. The molecule has 1 aromatic heterocycles. The van der Waals surface area contributed by atoms with Gasteiger partial charge in [0.05, 0.1) is 5.60 Å². The second kappa shape index (κ2) is 11.3. The Hall–Kier alpha value is -3.47. The summed E-state index contributed by atoms with van der Waals surface area (Å²) in [5.41, 5.74) is 3.61. The Bertz CT molecular complexity index is 1560. The van der Waals surface area contributed by atoms with E-state index in [2.05, 4.69) is 26.1 Å². The van der Waals surface area contributed by atoms with E-state index < -0.39 is 17.8 Å². The predicted octanol–water partition coefficient (Wildman–Crippen LogP) is 4.75. The summed E-state index contributed by atoms with van der Waals surface area (Å²) in [6.07, 6.45) is 5.80. The first-order chi connectivity index (χ1) is 20.2. The smallest absolute Gasteiger partial charge is 0.253 e. The van der Waals surface area contributed by atoms with Gasteiger partial charge in [-0.3, -0.25) is 14.6 Å². The van der Waals surface area contributed by atoms with Crippen LogP contribution < -0.4 is 5.32 Å². The standard InChI is InChI=1S/C32H36FN5O3S/c1-21-17-25(29(39)37-12-7-31(41,20-33)8-13-37)18-22(2)26(21)6-16-42-38-14-9-32(10-15-38)30(40)35-28(36-32)24-4-3-23-5-11-34-27(23)19-24/h3-6,11,16-19,34,41H,7-10,12-15,20H2,1-2H3,(H,35,36,40)/b16-6+. The number of aliphatic hydroxyl groups is 1. The average molecular weight is 590 g/mol. The summed E-state index contributed by atoms with van der Waals surface area (Å²) in [6, 6.07) is 11.9. The van der Waals surface area contributed by atoms with E-state index in [1.165, 1.54) is 0 Å². The number of aliphatic imine (C=N–C) groups is 1. The Kier molecular flexibility index (Phi) is 7.72. The maximum absolute atomic E-state index is 13.1. The quantitative estimate of drug-likeness (QED) is 0.361. The molecule has 0 aliphatic carbocycles. The van der Waals surface area contributed by atoms with Crippen molar-refractivity contribution in [2.75, 3.05) is 32.9 Å². The van der Waals surface area contributed by atoms with Crippen LogP contribution in [0.5, 0.6) is 0 Å². The molecule has 0 unspecified atom stereocenters. The topological polar surface area (TPSA) is 101 Å². The monoisotopic (exact) mass is 589 g/mol. The largest absolute Gasteiger partial charge is 0.387 e. The van der Waals surface area contributed by atoms with Gasteiger partial charge in [-0.25, -0.2) is 8.70 Å². The summed E-state index contributed by atoms with van der Waals surface area (Å²) in [5, 5.41) is 16.4. The van der Waals surface area contributed by atoms with Gasteiger partial charge in [0.1, 0.15) is 18.0 Å². The molecule has 3 aliphatic rings. The van der Waals surface area contributed by atoms with Crippen molar-refractivity contribution in [3.05, 3.63) is 75.8 Å². The molecular weight excluding hydrogens is 553 g/mol.